The van der Waals surface area contributed by atoms with Gasteiger partial charge in [-0.05, 0) is 11.8 Å². The fourth-order valence-corrected chi connectivity index (χ4v) is 2.57. The standard InChI is InChI=1S/C12H13Cl5N6O/c1-10(2,3)6-7-8(11(13,14)12(15,16)17)23(21-19-7)9(24)22-5-4-18-20-22/h4-5H,6H2,1-3H3. The van der Waals surface area contributed by atoms with E-state index in [-0.39, 0.29) is 11.1 Å². The van der Waals surface area contributed by atoms with Crippen molar-refractivity contribution in [3.63, 3.8) is 0 Å². The smallest absolute Gasteiger partial charge is 0.243 e. The summed E-state index contributed by atoms with van der Waals surface area (Å²) in [4.78, 5) is 12.6. The molecule has 7 nitrogen and oxygen atoms in total. The van der Waals surface area contributed by atoms with Crippen LogP contribution in [0.3, 0.4) is 0 Å². The van der Waals surface area contributed by atoms with E-state index in [1.165, 1.54) is 12.4 Å². The minimum Gasteiger partial charge on any atom is -0.243 e. The second kappa shape index (κ2) is 6.61. The predicted octanol–water partition coefficient (Wildman–Crippen LogP) is 3.98. The number of rotatable bonds is 2. The number of carbonyl (C=O) groups is 1. The Morgan fingerprint density at radius 3 is 2.21 bits per heavy atom. The molecule has 0 amide bonds. The van der Waals surface area contributed by atoms with Crippen molar-refractivity contribution in [1.82, 2.24) is 30.0 Å². The molecule has 0 spiro atoms. The topological polar surface area (TPSA) is 78.5 Å². The van der Waals surface area contributed by atoms with Crippen LogP contribution in [-0.2, 0) is 10.8 Å². The van der Waals surface area contributed by atoms with E-state index in [1.54, 1.807) is 0 Å². The van der Waals surface area contributed by atoms with E-state index in [2.05, 4.69) is 20.6 Å². The summed E-state index contributed by atoms with van der Waals surface area (Å²) in [6.07, 6.45) is 3.06. The van der Waals surface area contributed by atoms with Gasteiger partial charge in [-0.2, -0.15) is 9.36 Å². The fraction of sp³-hybridized carbons (Fsp3) is 0.583. The first kappa shape index (κ1) is 19.7. The van der Waals surface area contributed by atoms with Crippen LogP contribution in [0.5, 0.6) is 0 Å². The van der Waals surface area contributed by atoms with Gasteiger partial charge >= 0.3 is 6.03 Å². The number of alkyl halides is 5. The summed E-state index contributed by atoms with van der Waals surface area (Å²) < 4.78 is -2.41. The molecule has 12 heteroatoms. The van der Waals surface area contributed by atoms with E-state index >= 15 is 0 Å². The van der Waals surface area contributed by atoms with Crippen LogP contribution in [0.2, 0.25) is 0 Å². The fourth-order valence-electron chi connectivity index (χ4n) is 1.92. The predicted molar refractivity (Wildman–Crippen MR) is 93.1 cm³/mol. The van der Waals surface area contributed by atoms with Crippen molar-refractivity contribution in [2.75, 3.05) is 0 Å². The highest BCUT2D eigenvalue weighted by atomic mass is 35.6. The zero-order chi connectivity index (χ0) is 18.3. The number of nitrogens with zero attached hydrogens (tertiary/aromatic N) is 6. The van der Waals surface area contributed by atoms with Gasteiger partial charge < -0.3 is 0 Å². The van der Waals surface area contributed by atoms with Crippen LogP contribution in [0, 0.1) is 5.41 Å². The van der Waals surface area contributed by atoms with E-state index in [4.69, 9.17) is 58.0 Å². The molecule has 0 aliphatic heterocycles. The Morgan fingerprint density at radius 1 is 1.12 bits per heavy atom. The Kier molecular flexibility index (Phi) is 5.43. The molecule has 2 aromatic heterocycles. The highest BCUT2D eigenvalue weighted by molar-refractivity contribution is 6.75. The van der Waals surface area contributed by atoms with Crippen molar-refractivity contribution in [3.05, 3.63) is 23.8 Å². The average Bonchev–Trinajstić information content (AvgIpc) is 3.03. The first-order chi connectivity index (χ1) is 10.8. The zero-order valence-electron chi connectivity index (χ0n) is 12.8. The van der Waals surface area contributed by atoms with Crippen molar-refractivity contribution < 1.29 is 4.79 Å². The first-order valence-corrected chi connectivity index (χ1v) is 8.54. The van der Waals surface area contributed by atoms with Crippen LogP contribution >= 0.6 is 58.0 Å². The molecule has 132 valence electrons. The Hall–Kier alpha value is -0.600. The first-order valence-electron chi connectivity index (χ1n) is 6.65. The van der Waals surface area contributed by atoms with Crippen molar-refractivity contribution in [3.8, 4) is 0 Å². The number of carbonyl (C=O) groups excluding carboxylic acids is 1. The van der Waals surface area contributed by atoms with Crippen LogP contribution in [0.15, 0.2) is 12.4 Å². The SMILES string of the molecule is CC(C)(C)Cc1nnn(C(=O)n2ccnn2)c1C(Cl)(Cl)C(Cl)(Cl)Cl. The third-order valence-electron chi connectivity index (χ3n) is 2.89. The molecule has 2 aromatic rings. The van der Waals surface area contributed by atoms with E-state index in [0.717, 1.165) is 9.36 Å². The molecule has 24 heavy (non-hydrogen) atoms. The highest BCUT2D eigenvalue weighted by Gasteiger charge is 2.52. The Balaban J connectivity index is 2.63. The summed E-state index contributed by atoms with van der Waals surface area (Å²) in [5.41, 5.74) is 0.108. The average molecular weight is 435 g/mol. The molecular formula is C12H13Cl5N6O. The quantitative estimate of drug-likeness (QED) is 0.668. The Labute approximate surface area is 163 Å². The summed E-state index contributed by atoms with van der Waals surface area (Å²) in [5, 5.41) is 15.0. The van der Waals surface area contributed by atoms with Crippen LogP contribution in [0.4, 0.5) is 4.79 Å². The molecule has 0 radical (unpaired) electrons. The Morgan fingerprint density at radius 2 is 1.75 bits per heavy atom. The number of hydrogen-bond acceptors (Lipinski definition) is 5. The van der Waals surface area contributed by atoms with Crippen LogP contribution in [0.1, 0.15) is 32.2 Å². The van der Waals surface area contributed by atoms with Gasteiger partial charge in [-0.25, -0.2) is 4.79 Å². The third-order valence-corrected chi connectivity index (χ3v) is 5.25. The van der Waals surface area contributed by atoms with Gasteiger partial charge in [0.2, 0.25) is 8.13 Å². The monoisotopic (exact) mass is 432 g/mol. The molecule has 0 fully saturated rings. The van der Waals surface area contributed by atoms with Crippen molar-refractivity contribution >= 4 is 64.0 Å². The van der Waals surface area contributed by atoms with E-state index in [1.807, 2.05) is 20.8 Å². The van der Waals surface area contributed by atoms with Crippen LogP contribution in [0.25, 0.3) is 0 Å². The van der Waals surface area contributed by atoms with Gasteiger partial charge in [0.1, 0.15) is 5.69 Å². The van der Waals surface area contributed by atoms with Gasteiger partial charge in [-0.3, -0.25) is 0 Å². The van der Waals surface area contributed by atoms with Gasteiger partial charge in [-0.15, -0.1) is 10.2 Å². The maximum Gasteiger partial charge on any atom is 0.372 e. The lowest BCUT2D eigenvalue weighted by molar-refractivity contribution is 0.236. The maximum absolute atomic E-state index is 12.6. The number of hydrogen-bond donors (Lipinski definition) is 0. The molecular weight excluding hydrogens is 421 g/mol. The number of halogens is 5. The van der Waals surface area contributed by atoms with Gasteiger partial charge in [0.05, 0.1) is 18.1 Å². The van der Waals surface area contributed by atoms with Crippen LogP contribution in [-0.4, -0.2) is 39.8 Å². The van der Waals surface area contributed by atoms with E-state index < -0.39 is 14.2 Å². The number of aromatic nitrogens is 6. The normalized spacial score (nSPS) is 13.3. The zero-order valence-corrected chi connectivity index (χ0v) is 16.6. The Bertz CT molecular complexity index is 728. The highest BCUT2D eigenvalue weighted by Crippen LogP contribution is 2.53. The summed E-state index contributed by atoms with van der Waals surface area (Å²) in [6, 6.07) is -0.713. The third kappa shape index (κ3) is 3.96. The van der Waals surface area contributed by atoms with Gasteiger partial charge in [0, 0.05) is 0 Å². The second-order valence-corrected chi connectivity index (χ2v) is 9.84. The lowest BCUT2D eigenvalue weighted by Crippen LogP contribution is -2.36. The minimum absolute atomic E-state index is 0.0266. The molecule has 0 aliphatic rings. The molecule has 0 bridgehead atoms. The molecule has 0 saturated carbocycles. The molecule has 0 unspecified atom stereocenters. The van der Waals surface area contributed by atoms with Crippen molar-refractivity contribution in [2.45, 2.75) is 35.3 Å². The summed E-state index contributed by atoms with van der Waals surface area (Å²) in [7, 11) is 0. The van der Waals surface area contributed by atoms with Gasteiger partial charge in [0.15, 0.2) is 0 Å². The van der Waals surface area contributed by atoms with Gasteiger partial charge in [-0.1, -0.05) is 89.2 Å². The summed E-state index contributed by atoms with van der Waals surface area (Å²) >= 11 is 30.3. The molecule has 0 atom stereocenters. The summed E-state index contributed by atoms with van der Waals surface area (Å²) in [6.45, 7) is 5.90. The molecule has 0 saturated heterocycles. The van der Waals surface area contributed by atoms with Gasteiger partial charge in [0.25, 0.3) is 0 Å². The van der Waals surface area contributed by atoms with E-state index in [9.17, 15) is 4.79 Å². The van der Waals surface area contributed by atoms with E-state index in [0.29, 0.717) is 12.1 Å². The van der Waals surface area contributed by atoms with Crippen LogP contribution < -0.4 is 0 Å². The lowest BCUT2D eigenvalue weighted by atomic mass is 9.89. The largest absolute Gasteiger partial charge is 0.372 e. The summed E-state index contributed by atoms with van der Waals surface area (Å²) in [5.74, 6) is 0. The van der Waals surface area contributed by atoms with Crippen molar-refractivity contribution in [2.24, 2.45) is 5.41 Å². The minimum atomic E-state index is -2.13. The molecule has 2 heterocycles. The van der Waals surface area contributed by atoms with Crippen molar-refractivity contribution in [1.29, 1.82) is 0 Å². The lowest BCUT2D eigenvalue weighted by Gasteiger charge is -2.29. The molecule has 0 aliphatic carbocycles. The molecule has 0 aromatic carbocycles. The molecule has 2 rings (SSSR count). The maximum atomic E-state index is 12.6. The molecule has 0 N–H and O–H groups in total. The second-order valence-electron chi connectivity index (χ2n) is 6.24.